The zero-order valence-corrected chi connectivity index (χ0v) is 15.9. The Kier molecular flexibility index (Phi) is 6.92. The number of carbonyl (C=O) groups excluding carboxylic acids is 1. The Bertz CT molecular complexity index is 687. The third-order valence-corrected chi connectivity index (χ3v) is 6.81. The summed E-state index contributed by atoms with van der Waals surface area (Å²) in [5.41, 5.74) is 0.803. The first-order valence-electron chi connectivity index (χ1n) is 8.03. The van der Waals surface area contributed by atoms with Gasteiger partial charge in [0.05, 0.1) is 5.75 Å². The Labute approximate surface area is 153 Å². The highest BCUT2D eigenvalue weighted by Crippen LogP contribution is 2.22. The second kappa shape index (κ2) is 8.52. The van der Waals surface area contributed by atoms with Crippen LogP contribution in [0.5, 0.6) is 0 Å². The molecule has 0 unspecified atom stereocenters. The Hall–Kier alpha value is -0.820. The van der Waals surface area contributed by atoms with E-state index in [0.717, 1.165) is 5.56 Å². The predicted molar refractivity (Wildman–Crippen MR) is 96.7 cm³/mol. The normalized spacial score (nSPS) is 17.0. The molecule has 1 heterocycles. The molecule has 1 amide bonds. The summed E-state index contributed by atoms with van der Waals surface area (Å²) < 4.78 is 25.6. The second-order valence-electron chi connectivity index (χ2n) is 5.94. The average Bonchev–Trinajstić information content (AvgIpc) is 2.54. The van der Waals surface area contributed by atoms with Gasteiger partial charge in [-0.05, 0) is 37.0 Å². The summed E-state index contributed by atoms with van der Waals surface area (Å²) >= 11 is 11.9. The Morgan fingerprint density at radius 3 is 2.54 bits per heavy atom. The van der Waals surface area contributed by atoms with Gasteiger partial charge in [0, 0.05) is 35.6 Å². The molecule has 0 radical (unpaired) electrons. The maximum absolute atomic E-state index is 12.3. The third kappa shape index (κ3) is 5.09. The maximum atomic E-state index is 12.3. The number of benzene rings is 1. The van der Waals surface area contributed by atoms with Gasteiger partial charge in [0.15, 0.2) is 0 Å². The van der Waals surface area contributed by atoms with E-state index in [2.05, 4.69) is 5.32 Å². The Morgan fingerprint density at radius 2 is 1.96 bits per heavy atom. The van der Waals surface area contributed by atoms with Crippen LogP contribution in [0.15, 0.2) is 18.2 Å². The molecule has 24 heavy (non-hydrogen) atoms. The van der Waals surface area contributed by atoms with Crippen molar-refractivity contribution in [2.24, 2.45) is 5.92 Å². The molecule has 1 aliphatic heterocycles. The van der Waals surface area contributed by atoms with Gasteiger partial charge >= 0.3 is 0 Å². The molecule has 0 aliphatic carbocycles. The molecule has 1 fully saturated rings. The highest BCUT2D eigenvalue weighted by Gasteiger charge is 2.30. The van der Waals surface area contributed by atoms with Crippen LogP contribution in [-0.4, -0.2) is 37.5 Å². The summed E-state index contributed by atoms with van der Waals surface area (Å²) in [5, 5.41) is 3.94. The first-order valence-corrected chi connectivity index (χ1v) is 10.4. The number of rotatable bonds is 6. The summed E-state index contributed by atoms with van der Waals surface area (Å²) in [6, 6.07) is 5.15. The molecule has 1 N–H and O–H groups in total. The van der Waals surface area contributed by atoms with Crippen molar-refractivity contribution in [3.05, 3.63) is 33.8 Å². The van der Waals surface area contributed by atoms with E-state index < -0.39 is 10.0 Å². The van der Waals surface area contributed by atoms with Crippen LogP contribution in [0.3, 0.4) is 0 Å². The standard InChI is InChI=1S/C16H22Cl2N2O3S/c1-2-9-24(22,23)20-7-5-12(6-8-20)16(21)19-11-13-3-4-14(17)10-15(13)18/h3-4,10,12H,2,5-9,11H2,1H3,(H,19,21). The van der Waals surface area contributed by atoms with Crippen molar-refractivity contribution in [2.45, 2.75) is 32.7 Å². The number of amides is 1. The van der Waals surface area contributed by atoms with Gasteiger partial charge < -0.3 is 5.32 Å². The van der Waals surface area contributed by atoms with E-state index in [4.69, 9.17) is 23.2 Å². The molecule has 2 rings (SSSR count). The lowest BCUT2D eigenvalue weighted by Crippen LogP contribution is -2.43. The van der Waals surface area contributed by atoms with Gasteiger partial charge in [-0.3, -0.25) is 4.79 Å². The van der Waals surface area contributed by atoms with Crippen molar-refractivity contribution in [1.29, 1.82) is 0 Å². The van der Waals surface area contributed by atoms with Gasteiger partial charge in [-0.15, -0.1) is 0 Å². The van der Waals surface area contributed by atoms with Crippen molar-refractivity contribution in [1.82, 2.24) is 9.62 Å². The minimum Gasteiger partial charge on any atom is -0.352 e. The Balaban J connectivity index is 1.85. The smallest absolute Gasteiger partial charge is 0.223 e. The van der Waals surface area contributed by atoms with E-state index >= 15 is 0 Å². The molecular formula is C16H22Cl2N2O3S. The SMILES string of the molecule is CCCS(=O)(=O)N1CCC(C(=O)NCc2ccc(Cl)cc2Cl)CC1. The summed E-state index contributed by atoms with van der Waals surface area (Å²) in [6.45, 7) is 2.99. The molecule has 134 valence electrons. The number of nitrogens with one attached hydrogen (secondary N) is 1. The molecule has 5 nitrogen and oxygen atoms in total. The number of piperidine rings is 1. The van der Waals surface area contributed by atoms with Crippen LogP contribution >= 0.6 is 23.2 Å². The zero-order valence-electron chi connectivity index (χ0n) is 13.6. The highest BCUT2D eigenvalue weighted by atomic mass is 35.5. The fraction of sp³-hybridized carbons (Fsp3) is 0.562. The van der Waals surface area contributed by atoms with Crippen LogP contribution in [-0.2, 0) is 21.4 Å². The van der Waals surface area contributed by atoms with E-state index in [1.54, 1.807) is 18.2 Å². The topological polar surface area (TPSA) is 66.5 Å². The number of sulfonamides is 1. The van der Waals surface area contributed by atoms with E-state index in [1.165, 1.54) is 4.31 Å². The molecule has 0 spiro atoms. The van der Waals surface area contributed by atoms with Crippen LogP contribution < -0.4 is 5.32 Å². The Morgan fingerprint density at radius 1 is 1.29 bits per heavy atom. The van der Waals surface area contributed by atoms with Crippen LogP contribution in [0.1, 0.15) is 31.7 Å². The summed E-state index contributed by atoms with van der Waals surface area (Å²) in [6.07, 6.45) is 1.69. The number of carbonyl (C=O) groups is 1. The zero-order chi connectivity index (χ0) is 17.7. The predicted octanol–water partition coefficient (Wildman–Crippen LogP) is 3.06. The lowest BCUT2D eigenvalue weighted by Gasteiger charge is -2.30. The summed E-state index contributed by atoms with van der Waals surface area (Å²) in [5.74, 6) is -0.0587. The number of hydrogen-bond acceptors (Lipinski definition) is 3. The lowest BCUT2D eigenvalue weighted by atomic mass is 9.97. The first-order chi connectivity index (χ1) is 11.3. The number of halogens is 2. The molecule has 1 aliphatic rings. The van der Waals surface area contributed by atoms with Crippen LogP contribution in [0.4, 0.5) is 0 Å². The van der Waals surface area contributed by atoms with Crippen LogP contribution in [0, 0.1) is 5.92 Å². The third-order valence-electron chi connectivity index (χ3n) is 4.15. The molecule has 1 aromatic carbocycles. The quantitative estimate of drug-likeness (QED) is 0.808. The number of hydrogen-bond donors (Lipinski definition) is 1. The average molecular weight is 393 g/mol. The summed E-state index contributed by atoms with van der Waals surface area (Å²) in [7, 11) is -3.18. The number of nitrogens with zero attached hydrogens (tertiary/aromatic N) is 1. The van der Waals surface area contributed by atoms with Gasteiger partial charge in [-0.25, -0.2) is 12.7 Å². The van der Waals surface area contributed by atoms with E-state index in [9.17, 15) is 13.2 Å². The highest BCUT2D eigenvalue weighted by molar-refractivity contribution is 7.89. The van der Waals surface area contributed by atoms with Crippen LogP contribution in [0.2, 0.25) is 10.0 Å². The molecule has 8 heteroatoms. The molecular weight excluding hydrogens is 371 g/mol. The molecule has 0 saturated carbocycles. The molecule has 0 aromatic heterocycles. The van der Waals surface area contributed by atoms with Crippen molar-refractivity contribution < 1.29 is 13.2 Å². The van der Waals surface area contributed by atoms with Crippen LogP contribution in [0.25, 0.3) is 0 Å². The minimum absolute atomic E-state index is 0.0615. The van der Waals surface area contributed by atoms with Crippen molar-refractivity contribution in [3.8, 4) is 0 Å². The lowest BCUT2D eigenvalue weighted by molar-refractivity contribution is -0.126. The fourth-order valence-corrected chi connectivity index (χ4v) is 4.79. The molecule has 0 bridgehead atoms. The first kappa shape index (κ1) is 19.5. The van der Waals surface area contributed by atoms with Gasteiger partial charge in [-0.2, -0.15) is 0 Å². The molecule has 1 aromatic rings. The van der Waals surface area contributed by atoms with Crippen molar-refractivity contribution in [2.75, 3.05) is 18.8 Å². The van der Waals surface area contributed by atoms with Gasteiger partial charge in [0.25, 0.3) is 0 Å². The second-order valence-corrected chi connectivity index (χ2v) is 8.87. The van der Waals surface area contributed by atoms with Crippen molar-refractivity contribution in [3.63, 3.8) is 0 Å². The molecule has 0 atom stereocenters. The van der Waals surface area contributed by atoms with E-state index in [0.29, 0.717) is 48.9 Å². The van der Waals surface area contributed by atoms with Gasteiger partial charge in [0.2, 0.25) is 15.9 Å². The van der Waals surface area contributed by atoms with Gasteiger partial charge in [-0.1, -0.05) is 36.2 Å². The minimum atomic E-state index is -3.18. The van der Waals surface area contributed by atoms with E-state index in [1.807, 2.05) is 6.92 Å². The van der Waals surface area contributed by atoms with Crippen molar-refractivity contribution >= 4 is 39.1 Å². The summed E-state index contributed by atoms with van der Waals surface area (Å²) in [4.78, 5) is 12.3. The maximum Gasteiger partial charge on any atom is 0.223 e. The monoisotopic (exact) mass is 392 g/mol. The largest absolute Gasteiger partial charge is 0.352 e. The fourth-order valence-electron chi connectivity index (χ4n) is 2.77. The van der Waals surface area contributed by atoms with E-state index in [-0.39, 0.29) is 17.6 Å². The molecule has 1 saturated heterocycles. The van der Waals surface area contributed by atoms with Gasteiger partial charge in [0.1, 0.15) is 0 Å².